The van der Waals surface area contributed by atoms with Crippen LogP contribution in [0.5, 0.6) is 0 Å². The number of carbonyl (C=O) groups excluding carboxylic acids is 1. The molecule has 0 saturated heterocycles. The van der Waals surface area contributed by atoms with E-state index < -0.39 is 9.89 Å². The van der Waals surface area contributed by atoms with Crippen molar-refractivity contribution in [1.29, 1.82) is 0 Å². The number of carbonyl (C=O) groups is 1. The summed E-state index contributed by atoms with van der Waals surface area (Å²) < 4.78 is 5.99. The summed E-state index contributed by atoms with van der Waals surface area (Å²) in [6.45, 7) is 3.79. The number of hydrogen-bond acceptors (Lipinski definition) is 2. The topological polar surface area (TPSA) is 34.5 Å². The van der Waals surface area contributed by atoms with E-state index in [-0.39, 0.29) is 6.61 Å². The summed E-state index contributed by atoms with van der Waals surface area (Å²) in [5.41, 5.74) is 6.18. The molecule has 0 saturated carbocycles. The van der Waals surface area contributed by atoms with E-state index in [1.165, 1.54) is 33.3 Å². The molecule has 0 radical (unpaired) electrons. The summed E-state index contributed by atoms with van der Waals surface area (Å²) in [6.07, 6.45) is 1.27. The average Bonchev–Trinajstić information content (AvgIpc) is 3.03. The number of hydrogen-bond donors (Lipinski definition) is 0. The number of fused-ring (bicyclic) bond motifs is 3. The van der Waals surface area contributed by atoms with Crippen molar-refractivity contribution >= 4 is 51.8 Å². The number of amides is 1. The fourth-order valence-electron chi connectivity index (χ4n) is 4.10. The molecule has 0 fully saturated rings. The Kier molecular flexibility index (Phi) is 6.19. The molecule has 0 spiro atoms. The number of ether oxygens (including phenoxy) is 1. The Morgan fingerprint density at radius 2 is 1.90 bits per heavy atom. The molecule has 1 aromatic heterocycles. The molecule has 7 heteroatoms. The molecule has 2 aromatic carbocycles. The van der Waals surface area contributed by atoms with Crippen LogP contribution in [0.25, 0.3) is 10.9 Å². The highest BCUT2D eigenvalue weighted by molar-refractivity contribution is 6.67. The van der Waals surface area contributed by atoms with Gasteiger partial charge in [-0.3, -0.25) is 0 Å². The molecule has 0 aliphatic carbocycles. The van der Waals surface area contributed by atoms with E-state index in [0.29, 0.717) is 13.1 Å². The maximum Gasteiger partial charge on any atom is 0.410 e. The molecule has 2 heterocycles. The lowest BCUT2D eigenvalue weighted by Crippen LogP contribution is -2.38. The van der Waals surface area contributed by atoms with Crippen LogP contribution in [0.1, 0.15) is 22.4 Å². The molecule has 4 rings (SSSR count). The van der Waals surface area contributed by atoms with Gasteiger partial charge in [-0.2, -0.15) is 0 Å². The van der Waals surface area contributed by atoms with Gasteiger partial charge in [0.2, 0.25) is 3.79 Å². The summed E-state index contributed by atoms with van der Waals surface area (Å²) in [6, 6.07) is 17.0. The first-order valence-electron chi connectivity index (χ1n) is 9.95. The number of alkyl halides is 3. The summed E-state index contributed by atoms with van der Waals surface area (Å²) in [5.74, 6) is 0. The van der Waals surface area contributed by atoms with Crippen molar-refractivity contribution in [1.82, 2.24) is 9.47 Å². The van der Waals surface area contributed by atoms with Crippen LogP contribution in [-0.4, -0.2) is 32.5 Å². The zero-order valence-corrected chi connectivity index (χ0v) is 19.0. The molecule has 0 bridgehead atoms. The van der Waals surface area contributed by atoms with Crippen LogP contribution in [0.2, 0.25) is 0 Å². The van der Waals surface area contributed by atoms with Gasteiger partial charge in [-0.15, -0.1) is 0 Å². The maximum atomic E-state index is 12.5. The van der Waals surface area contributed by atoms with E-state index in [4.69, 9.17) is 39.5 Å². The fraction of sp³-hybridized carbons (Fsp3) is 0.348. The van der Waals surface area contributed by atoms with Crippen molar-refractivity contribution in [2.75, 3.05) is 13.2 Å². The first kappa shape index (κ1) is 21.4. The smallest absolute Gasteiger partial charge is 0.410 e. The zero-order valence-electron chi connectivity index (χ0n) is 16.7. The van der Waals surface area contributed by atoms with Crippen LogP contribution >= 0.6 is 34.8 Å². The van der Waals surface area contributed by atoms with Crippen molar-refractivity contribution in [2.45, 2.75) is 36.6 Å². The first-order valence-corrected chi connectivity index (χ1v) is 11.1. The van der Waals surface area contributed by atoms with E-state index in [1.54, 1.807) is 4.90 Å². The number of benzene rings is 2. The third-order valence-electron chi connectivity index (χ3n) is 5.49. The Hall–Kier alpha value is -1.88. The Labute approximate surface area is 191 Å². The Morgan fingerprint density at radius 3 is 2.63 bits per heavy atom. The first-order chi connectivity index (χ1) is 14.3. The standard InChI is InChI=1S/C23H23Cl3N2O2/c1-16-7-8-20-18(13-16)19-14-27(22(29)30-15-23(24,25)26)11-10-21(19)28(20)12-9-17-5-3-2-4-6-17/h2-8,13H,9-12,14-15H2,1H3. The quantitative estimate of drug-likeness (QED) is 0.439. The second-order valence-electron chi connectivity index (χ2n) is 7.67. The molecular formula is C23H23Cl3N2O2. The third-order valence-corrected chi connectivity index (χ3v) is 5.82. The van der Waals surface area contributed by atoms with Crippen LogP contribution in [0.3, 0.4) is 0 Å². The predicted molar refractivity (Wildman–Crippen MR) is 123 cm³/mol. The van der Waals surface area contributed by atoms with Crippen LogP contribution < -0.4 is 0 Å². The van der Waals surface area contributed by atoms with E-state index in [2.05, 4.69) is 54.0 Å². The summed E-state index contributed by atoms with van der Waals surface area (Å²) in [4.78, 5) is 14.2. The van der Waals surface area contributed by atoms with Gasteiger partial charge in [0.25, 0.3) is 0 Å². The molecule has 0 unspecified atom stereocenters. The van der Waals surface area contributed by atoms with Gasteiger partial charge >= 0.3 is 6.09 Å². The number of halogens is 3. The fourth-order valence-corrected chi connectivity index (χ4v) is 4.26. The molecule has 1 aliphatic rings. The second kappa shape index (κ2) is 8.70. The number of nitrogens with zero attached hydrogens (tertiary/aromatic N) is 2. The molecule has 0 atom stereocenters. The molecule has 158 valence electrons. The van der Waals surface area contributed by atoms with E-state index in [1.807, 2.05) is 6.07 Å². The highest BCUT2D eigenvalue weighted by Crippen LogP contribution is 2.33. The molecule has 3 aromatic rings. The van der Waals surface area contributed by atoms with Crippen LogP contribution in [0.15, 0.2) is 48.5 Å². The Bertz CT molecular complexity index is 1060. The van der Waals surface area contributed by atoms with Crippen LogP contribution in [0.4, 0.5) is 4.79 Å². The normalized spacial score (nSPS) is 14.1. The zero-order chi connectivity index (χ0) is 21.3. The van der Waals surface area contributed by atoms with E-state index >= 15 is 0 Å². The van der Waals surface area contributed by atoms with Crippen molar-refractivity contribution < 1.29 is 9.53 Å². The van der Waals surface area contributed by atoms with Gasteiger partial charge in [0.05, 0.1) is 6.54 Å². The summed E-state index contributed by atoms with van der Waals surface area (Å²) in [5, 5.41) is 1.19. The molecular weight excluding hydrogens is 443 g/mol. The summed E-state index contributed by atoms with van der Waals surface area (Å²) in [7, 11) is 0. The van der Waals surface area contributed by atoms with Gasteiger partial charge in [0.1, 0.15) is 6.61 Å². The molecule has 1 amide bonds. The predicted octanol–water partition coefficient (Wildman–Crippen LogP) is 6.06. The maximum absolute atomic E-state index is 12.5. The third kappa shape index (κ3) is 4.72. The van der Waals surface area contributed by atoms with Crippen molar-refractivity contribution in [3.05, 3.63) is 70.9 Å². The molecule has 0 N–H and O–H groups in total. The molecule has 4 nitrogen and oxygen atoms in total. The summed E-state index contributed by atoms with van der Waals surface area (Å²) >= 11 is 17.1. The number of aryl methyl sites for hydroxylation is 3. The Balaban J connectivity index is 1.61. The van der Waals surface area contributed by atoms with E-state index in [9.17, 15) is 4.79 Å². The van der Waals surface area contributed by atoms with Crippen molar-refractivity contribution in [3.8, 4) is 0 Å². The average molecular weight is 466 g/mol. The highest BCUT2D eigenvalue weighted by atomic mass is 35.6. The number of rotatable bonds is 4. The monoisotopic (exact) mass is 464 g/mol. The molecule has 30 heavy (non-hydrogen) atoms. The Morgan fingerprint density at radius 1 is 1.13 bits per heavy atom. The minimum absolute atomic E-state index is 0.266. The van der Waals surface area contributed by atoms with Gasteiger partial charge in [0, 0.05) is 41.7 Å². The lowest BCUT2D eigenvalue weighted by atomic mass is 10.0. The highest BCUT2D eigenvalue weighted by Gasteiger charge is 2.29. The minimum Gasteiger partial charge on any atom is -0.445 e. The SMILES string of the molecule is Cc1ccc2c(c1)c1c(n2CCc2ccccc2)CCN(C(=O)OCC(Cl)(Cl)Cl)C1. The van der Waals surface area contributed by atoms with Crippen LogP contribution in [-0.2, 0) is 30.7 Å². The van der Waals surface area contributed by atoms with E-state index in [0.717, 1.165) is 19.4 Å². The van der Waals surface area contributed by atoms with Gasteiger partial charge < -0.3 is 14.2 Å². The van der Waals surface area contributed by atoms with Crippen molar-refractivity contribution in [2.24, 2.45) is 0 Å². The number of aromatic nitrogens is 1. The van der Waals surface area contributed by atoms with Gasteiger partial charge in [-0.1, -0.05) is 76.8 Å². The second-order valence-corrected chi connectivity index (χ2v) is 10.2. The van der Waals surface area contributed by atoms with Gasteiger partial charge in [0.15, 0.2) is 0 Å². The lowest BCUT2D eigenvalue weighted by Gasteiger charge is -2.28. The largest absolute Gasteiger partial charge is 0.445 e. The molecule has 1 aliphatic heterocycles. The van der Waals surface area contributed by atoms with Gasteiger partial charge in [-0.25, -0.2) is 4.79 Å². The van der Waals surface area contributed by atoms with Crippen molar-refractivity contribution in [3.63, 3.8) is 0 Å². The van der Waals surface area contributed by atoms with Gasteiger partial charge in [-0.05, 0) is 31.0 Å². The minimum atomic E-state index is -1.61. The lowest BCUT2D eigenvalue weighted by molar-refractivity contribution is 0.0993. The van der Waals surface area contributed by atoms with Crippen LogP contribution in [0, 0.1) is 6.92 Å².